The van der Waals surface area contributed by atoms with Crippen LogP contribution in [-0.2, 0) is 15.9 Å². The van der Waals surface area contributed by atoms with Crippen LogP contribution >= 0.6 is 0 Å². The maximum absolute atomic E-state index is 11.8. The van der Waals surface area contributed by atoms with Gasteiger partial charge in [0, 0.05) is 17.6 Å². The Hall–Kier alpha value is -2.04. The van der Waals surface area contributed by atoms with Crippen LogP contribution in [-0.4, -0.2) is 30.7 Å². The van der Waals surface area contributed by atoms with E-state index in [1.54, 1.807) is 17.7 Å². The van der Waals surface area contributed by atoms with Gasteiger partial charge in [-0.3, -0.25) is 0 Å². The molecule has 0 saturated carbocycles. The first-order chi connectivity index (χ1) is 8.53. The molecule has 5 nitrogen and oxygen atoms in total. The van der Waals surface area contributed by atoms with E-state index in [-0.39, 0.29) is 11.1 Å². The summed E-state index contributed by atoms with van der Waals surface area (Å²) < 4.78 is 11.2. The summed E-state index contributed by atoms with van der Waals surface area (Å²) in [4.78, 5) is 23.6. The molecule has 1 aromatic heterocycles. The highest BCUT2D eigenvalue weighted by Crippen LogP contribution is 2.25. The van der Waals surface area contributed by atoms with Crippen LogP contribution in [0.3, 0.4) is 0 Å². The van der Waals surface area contributed by atoms with Crippen molar-refractivity contribution in [2.45, 2.75) is 20.3 Å². The summed E-state index contributed by atoms with van der Waals surface area (Å²) in [5.41, 5.74) is 1.80. The molecule has 0 bridgehead atoms. The van der Waals surface area contributed by atoms with E-state index in [4.69, 9.17) is 9.47 Å². The molecule has 98 valence electrons. The van der Waals surface area contributed by atoms with Gasteiger partial charge in [0.25, 0.3) is 0 Å². The number of carbonyl (C=O) groups is 2. The minimum absolute atomic E-state index is 0.237. The minimum Gasteiger partial charge on any atom is -0.465 e. The molecular weight excluding hydrogens is 234 g/mol. The van der Waals surface area contributed by atoms with E-state index in [1.165, 1.54) is 14.2 Å². The molecule has 0 spiro atoms. The summed E-state index contributed by atoms with van der Waals surface area (Å²) in [5, 5.41) is 0. The second kappa shape index (κ2) is 5.53. The summed E-state index contributed by atoms with van der Waals surface area (Å²) in [5.74, 6) is -1.10. The van der Waals surface area contributed by atoms with Crippen molar-refractivity contribution in [2.75, 3.05) is 14.2 Å². The fourth-order valence-corrected chi connectivity index (χ4v) is 2.04. The predicted molar refractivity (Wildman–Crippen MR) is 67.6 cm³/mol. The van der Waals surface area contributed by atoms with Gasteiger partial charge in [-0.05, 0) is 13.3 Å². The molecule has 0 aliphatic rings. The minimum atomic E-state index is -0.553. The normalized spacial score (nSPS) is 10.0. The van der Waals surface area contributed by atoms with E-state index in [1.807, 2.05) is 6.92 Å². The van der Waals surface area contributed by atoms with E-state index < -0.39 is 11.9 Å². The third-order valence-corrected chi connectivity index (χ3v) is 2.85. The fraction of sp³-hybridized carbons (Fsp3) is 0.385. The third-order valence-electron chi connectivity index (χ3n) is 2.85. The Bertz CT molecular complexity index is 500. The predicted octanol–water partition coefficient (Wildman–Crippen LogP) is 2.03. The average Bonchev–Trinajstić information content (AvgIpc) is 2.68. The van der Waals surface area contributed by atoms with Crippen LogP contribution in [0.2, 0.25) is 0 Å². The number of carbonyl (C=O) groups excluding carboxylic acids is 2. The van der Waals surface area contributed by atoms with Crippen molar-refractivity contribution in [3.05, 3.63) is 29.1 Å². The van der Waals surface area contributed by atoms with E-state index >= 15 is 0 Å². The molecule has 0 fully saturated rings. The monoisotopic (exact) mass is 251 g/mol. The Kier molecular flexibility index (Phi) is 4.31. The van der Waals surface area contributed by atoms with Crippen LogP contribution in [0.15, 0.2) is 6.58 Å². The molecule has 0 aliphatic carbocycles. The Balaban J connectivity index is 3.67. The van der Waals surface area contributed by atoms with Crippen LogP contribution in [0.5, 0.6) is 0 Å². The molecule has 18 heavy (non-hydrogen) atoms. The molecule has 0 aliphatic heterocycles. The fourth-order valence-electron chi connectivity index (χ4n) is 2.04. The maximum atomic E-state index is 11.8. The zero-order valence-corrected chi connectivity index (χ0v) is 11.1. The van der Waals surface area contributed by atoms with Crippen molar-refractivity contribution in [1.82, 2.24) is 4.57 Å². The topological polar surface area (TPSA) is 57.5 Å². The van der Waals surface area contributed by atoms with E-state index in [0.29, 0.717) is 17.8 Å². The first-order valence-corrected chi connectivity index (χ1v) is 5.56. The lowest BCUT2D eigenvalue weighted by Gasteiger charge is -2.04. The van der Waals surface area contributed by atoms with Gasteiger partial charge in [0.15, 0.2) is 0 Å². The summed E-state index contributed by atoms with van der Waals surface area (Å²) in [6, 6.07) is 0. The summed E-state index contributed by atoms with van der Waals surface area (Å²) in [6.45, 7) is 7.31. The molecular formula is C13H17NO4. The van der Waals surface area contributed by atoms with E-state index in [2.05, 4.69) is 6.58 Å². The van der Waals surface area contributed by atoms with Gasteiger partial charge in [-0.2, -0.15) is 0 Å². The quantitative estimate of drug-likeness (QED) is 0.768. The van der Waals surface area contributed by atoms with Gasteiger partial charge in [0.1, 0.15) is 0 Å². The van der Waals surface area contributed by atoms with Gasteiger partial charge in [-0.1, -0.05) is 13.5 Å². The molecule has 5 heteroatoms. The number of methoxy groups -OCH3 is 2. The van der Waals surface area contributed by atoms with Gasteiger partial charge < -0.3 is 14.0 Å². The number of esters is 2. The Labute approximate surface area is 106 Å². The Morgan fingerprint density at radius 2 is 1.72 bits per heavy atom. The molecule has 1 heterocycles. The van der Waals surface area contributed by atoms with E-state index in [0.717, 1.165) is 0 Å². The van der Waals surface area contributed by atoms with Crippen LogP contribution < -0.4 is 0 Å². The van der Waals surface area contributed by atoms with Crippen LogP contribution in [0.4, 0.5) is 0 Å². The zero-order valence-electron chi connectivity index (χ0n) is 11.1. The van der Waals surface area contributed by atoms with Crippen LogP contribution in [0.25, 0.3) is 6.20 Å². The molecule has 0 unspecified atom stereocenters. The van der Waals surface area contributed by atoms with Crippen molar-refractivity contribution in [3.8, 4) is 0 Å². The second-order valence-electron chi connectivity index (χ2n) is 3.67. The standard InChI is InChI=1S/C13H17NO4/c1-6-9-11(13(16)18-5)10(12(15)17-4)8(3)14(9)7-2/h7H,2,6H2,1,3-5H3. The lowest BCUT2D eigenvalue weighted by atomic mass is 10.1. The molecule has 1 aromatic rings. The van der Waals surface area contributed by atoms with Crippen LogP contribution in [0, 0.1) is 6.92 Å². The third kappa shape index (κ3) is 2.03. The zero-order chi connectivity index (χ0) is 13.9. The lowest BCUT2D eigenvalue weighted by Crippen LogP contribution is -2.12. The smallest absolute Gasteiger partial charge is 0.340 e. The highest BCUT2D eigenvalue weighted by Gasteiger charge is 2.29. The number of rotatable bonds is 4. The second-order valence-corrected chi connectivity index (χ2v) is 3.67. The molecule has 0 amide bonds. The number of hydrogen-bond acceptors (Lipinski definition) is 4. The summed E-state index contributed by atoms with van der Waals surface area (Å²) >= 11 is 0. The summed E-state index contributed by atoms with van der Waals surface area (Å²) in [6.07, 6.45) is 2.14. The largest absolute Gasteiger partial charge is 0.465 e. The molecule has 0 saturated heterocycles. The van der Waals surface area contributed by atoms with Crippen LogP contribution in [0.1, 0.15) is 39.0 Å². The first kappa shape index (κ1) is 14.0. The Morgan fingerprint density at radius 3 is 2.11 bits per heavy atom. The van der Waals surface area contributed by atoms with Crippen molar-refractivity contribution in [3.63, 3.8) is 0 Å². The molecule has 0 radical (unpaired) electrons. The number of ether oxygens (including phenoxy) is 2. The molecule has 0 atom stereocenters. The number of aromatic nitrogens is 1. The SMILES string of the molecule is C=Cn1c(C)c(C(=O)OC)c(C(=O)OC)c1CC. The summed E-state index contributed by atoms with van der Waals surface area (Å²) in [7, 11) is 2.56. The molecule has 1 rings (SSSR count). The van der Waals surface area contributed by atoms with Crippen molar-refractivity contribution < 1.29 is 19.1 Å². The van der Waals surface area contributed by atoms with Gasteiger partial charge >= 0.3 is 11.9 Å². The van der Waals surface area contributed by atoms with Crippen molar-refractivity contribution in [1.29, 1.82) is 0 Å². The highest BCUT2D eigenvalue weighted by molar-refractivity contribution is 6.05. The van der Waals surface area contributed by atoms with Gasteiger partial charge in [0.2, 0.25) is 0 Å². The number of hydrogen-bond donors (Lipinski definition) is 0. The van der Waals surface area contributed by atoms with Gasteiger partial charge in [0.05, 0.1) is 25.3 Å². The molecule has 0 aromatic carbocycles. The first-order valence-electron chi connectivity index (χ1n) is 5.56. The van der Waals surface area contributed by atoms with Crippen molar-refractivity contribution >= 4 is 18.1 Å². The van der Waals surface area contributed by atoms with E-state index in [9.17, 15) is 9.59 Å². The number of nitrogens with zero attached hydrogens (tertiary/aromatic N) is 1. The average molecular weight is 251 g/mol. The Morgan fingerprint density at radius 1 is 1.22 bits per heavy atom. The van der Waals surface area contributed by atoms with Gasteiger partial charge in [-0.15, -0.1) is 0 Å². The lowest BCUT2D eigenvalue weighted by molar-refractivity contribution is 0.0555. The highest BCUT2D eigenvalue weighted by atomic mass is 16.5. The maximum Gasteiger partial charge on any atom is 0.340 e. The van der Waals surface area contributed by atoms with Gasteiger partial charge in [-0.25, -0.2) is 9.59 Å². The van der Waals surface area contributed by atoms with Crippen molar-refractivity contribution in [2.24, 2.45) is 0 Å². The molecule has 0 N–H and O–H groups in total.